The first-order valence-electron chi connectivity index (χ1n) is 7.28. The quantitative estimate of drug-likeness (QED) is 0.545. The highest BCUT2D eigenvalue weighted by molar-refractivity contribution is 5.72. The number of nitrogens with one attached hydrogen (secondary N) is 2. The van der Waals surface area contributed by atoms with Gasteiger partial charge in [0.25, 0.3) is 0 Å². The molecule has 9 heteroatoms. The maximum atomic E-state index is 11.6. The Kier molecular flexibility index (Phi) is 4.32. The van der Waals surface area contributed by atoms with Crippen molar-refractivity contribution in [3.63, 3.8) is 0 Å². The van der Waals surface area contributed by atoms with Crippen LogP contribution in [0.25, 0.3) is 23.5 Å². The van der Waals surface area contributed by atoms with Gasteiger partial charge in [0.1, 0.15) is 17.2 Å². The molecule has 0 saturated carbocycles. The van der Waals surface area contributed by atoms with Crippen molar-refractivity contribution in [3.8, 4) is 17.4 Å². The molecule has 0 aliphatic heterocycles. The molecule has 1 aromatic carbocycles. The molecular weight excluding hydrogens is 340 g/mol. The average molecular weight is 350 g/mol. The molecule has 0 aliphatic rings. The summed E-state index contributed by atoms with van der Waals surface area (Å²) in [6.45, 7) is 0. The summed E-state index contributed by atoms with van der Waals surface area (Å²) in [5.41, 5.74) is -1.94. The highest BCUT2D eigenvalue weighted by Crippen LogP contribution is 2.26. The highest BCUT2D eigenvalue weighted by atomic mass is 16.6. The number of rotatable bonds is 4. The fourth-order valence-electron chi connectivity index (χ4n) is 2.35. The van der Waals surface area contributed by atoms with Crippen molar-refractivity contribution in [1.29, 1.82) is 5.26 Å². The van der Waals surface area contributed by atoms with E-state index in [4.69, 9.17) is 9.68 Å². The maximum Gasteiger partial charge on any atom is 0.357 e. The van der Waals surface area contributed by atoms with Gasteiger partial charge in [0.2, 0.25) is 0 Å². The van der Waals surface area contributed by atoms with Gasteiger partial charge in [-0.2, -0.15) is 5.26 Å². The smallest absolute Gasteiger partial charge is 0.357 e. The van der Waals surface area contributed by atoms with E-state index >= 15 is 0 Å². The second kappa shape index (κ2) is 6.74. The molecule has 0 spiro atoms. The Labute approximate surface area is 145 Å². The minimum Gasteiger partial charge on any atom is -0.457 e. The lowest BCUT2D eigenvalue weighted by molar-refractivity contribution is -0.386. The van der Waals surface area contributed by atoms with Crippen molar-refractivity contribution >= 4 is 17.8 Å². The molecule has 0 fully saturated rings. The van der Waals surface area contributed by atoms with Crippen LogP contribution in [0.2, 0.25) is 0 Å². The van der Waals surface area contributed by atoms with Crippen LogP contribution in [0.15, 0.2) is 50.4 Å². The van der Waals surface area contributed by atoms with Gasteiger partial charge in [-0.1, -0.05) is 12.1 Å². The largest absolute Gasteiger partial charge is 0.457 e. The number of nitro groups is 1. The molecule has 0 radical (unpaired) electrons. The van der Waals surface area contributed by atoms with E-state index in [1.165, 1.54) is 12.2 Å². The minimum absolute atomic E-state index is 0.251. The average Bonchev–Trinajstić information content (AvgIpc) is 3.07. The predicted molar refractivity (Wildman–Crippen MR) is 92.1 cm³/mol. The van der Waals surface area contributed by atoms with Gasteiger partial charge in [-0.3, -0.25) is 19.9 Å². The second-order valence-corrected chi connectivity index (χ2v) is 5.12. The Hall–Kier alpha value is -4.19. The summed E-state index contributed by atoms with van der Waals surface area (Å²) in [5, 5.41) is 20.1. The standard InChI is InChI=1S/C17H10N4O5/c18-9-10-3-1-2-4-12(10)14-8-6-11(26-14)5-7-13-15(21(24)25)16(22)20-17(23)19-13/h1-8H,(H2,19,20,22,23)/b7-5-. The van der Waals surface area contributed by atoms with Crippen LogP contribution in [0.5, 0.6) is 0 Å². The second-order valence-electron chi connectivity index (χ2n) is 5.12. The van der Waals surface area contributed by atoms with Gasteiger partial charge in [-0.15, -0.1) is 0 Å². The van der Waals surface area contributed by atoms with Crippen LogP contribution in [-0.4, -0.2) is 14.9 Å². The van der Waals surface area contributed by atoms with E-state index < -0.39 is 21.9 Å². The van der Waals surface area contributed by atoms with Gasteiger partial charge in [0.05, 0.1) is 16.6 Å². The summed E-state index contributed by atoms with van der Waals surface area (Å²) in [6, 6.07) is 12.2. The highest BCUT2D eigenvalue weighted by Gasteiger charge is 2.19. The van der Waals surface area contributed by atoms with Crippen LogP contribution in [0, 0.1) is 21.4 Å². The van der Waals surface area contributed by atoms with E-state index in [2.05, 4.69) is 11.1 Å². The molecule has 2 N–H and O–H groups in total. The van der Waals surface area contributed by atoms with Gasteiger partial charge < -0.3 is 9.40 Å². The fourth-order valence-corrected chi connectivity index (χ4v) is 2.35. The molecule has 0 amide bonds. The Morgan fingerprint density at radius 3 is 2.62 bits per heavy atom. The van der Waals surface area contributed by atoms with E-state index in [9.17, 15) is 19.7 Å². The van der Waals surface area contributed by atoms with Gasteiger partial charge in [0.15, 0.2) is 0 Å². The summed E-state index contributed by atoms with van der Waals surface area (Å²) in [5.74, 6) is 0.763. The number of aromatic nitrogens is 2. The van der Waals surface area contributed by atoms with Crippen LogP contribution in [0.3, 0.4) is 0 Å². The zero-order chi connectivity index (χ0) is 18.7. The molecule has 2 heterocycles. The van der Waals surface area contributed by atoms with Gasteiger partial charge in [-0.25, -0.2) is 4.79 Å². The number of H-pyrrole nitrogens is 2. The van der Waals surface area contributed by atoms with Crippen molar-refractivity contribution in [2.75, 3.05) is 0 Å². The number of nitrogens with zero attached hydrogens (tertiary/aromatic N) is 2. The summed E-state index contributed by atoms with van der Waals surface area (Å²) in [4.78, 5) is 37.0. The molecule has 0 saturated heterocycles. The van der Waals surface area contributed by atoms with E-state index in [0.29, 0.717) is 22.6 Å². The number of furan rings is 1. The normalized spacial score (nSPS) is 10.7. The van der Waals surface area contributed by atoms with Crippen LogP contribution in [0.4, 0.5) is 5.69 Å². The van der Waals surface area contributed by atoms with Crippen LogP contribution in [0.1, 0.15) is 17.0 Å². The molecule has 128 valence electrons. The van der Waals surface area contributed by atoms with Crippen LogP contribution >= 0.6 is 0 Å². The molecule has 0 aliphatic carbocycles. The Bertz CT molecular complexity index is 1180. The lowest BCUT2D eigenvalue weighted by Gasteiger charge is -1.99. The fraction of sp³-hybridized carbons (Fsp3) is 0. The van der Waals surface area contributed by atoms with Crippen molar-refractivity contribution in [2.24, 2.45) is 0 Å². The molecule has 26 heavy (non-hydrogen) atoms. The first-order valence-corrected chi connectivity index (χ1v) is 7.28. The van der Waals surface area contributed by atoms with Gasteiger partial charge in [-0.05, 0) is 36.4 Å². The first kappa shape index (κ1) is 16.7. The molecule has 0 bridgehead atoms. The third-order valence-corrected chi connectivity index (χ3v) is 3.48. The SMILES string of the molecule is N#Cc1ccccc1-c1ccc(/C=C\c2[nH]c(=O)[nH]c(=O)c2[N+](=O)[O-])o1. The first-order chi connectivity index (χ1) is 12.5. The Morgan fingerprint density at radius 2 is 1.88 bits per heavy atom. The summed E-state index contributed by atoms with van der Waals surface area (Å²) >= 11 is 0. The van der Waals surface area contributed by atoms with E-state index in [-0.39, 0.29) is 5.69 Å². The summed E-state index contributed by atoms with van der Waals surface area (Å²) in [7, 11) is 0. The van der Waals surface area contributed by atoms with Crippen LogP contribution < -0.4 is 11.2 Å². The summed E-state index contributed by atoms with van der Waals surface area (Å²) < 4.78 is 5.61. The minimum atomic E-state index is -1.10. The Balaban J connectivity index is 1.98. The molecular formula is C17H10N4O5. The lowest BCUT2D eigenvalue weighted by Crippen LogP contribution is -2.25. The van der Waals surface area contributed by atoms with Crippen molar-refractivity contribution in [3.05, 3.63) is 84.4 Å². The molecule has 2 aromatic heterocycles. The molecule has 3 aromatic rings. The summed E-state index contributed by atoms with van der Waals surface area (Å²) in [6.07, 6.45) is 2.57. The zero-order valence-corrected chi connectivity index (χ0v) is 13.1. The van der Waals surface area contributed by atoms with E-state index in [1.807, 2.05) is 0 Å². The monoisotopic (exact) mass is 350 g/mol. The lowest BCUT2D eigenvalue weighted by atomic mass is 10.1. The molecule has 9 nitrogen and oxygen atoms in total. The third kappa shape index (κ3) is 3.20. The molecule has 3 rings (SSSR count). The number of hydrogen-bond donors (Lipinski definition) is 2. The van der Waals surface area contributed by atoms with Crippen molar-refractivity contribution < 1.29 is 9.34 Å². The number of hydrogen-bond acceptors (Lipinski definition) is 6. The number of aromatic amines is 2. The topological polar surface area (TPSA) is 146 Å². The van der Waals surface area contributed by atoms with E-state index in [0.717, 1.165) is 0 Å². The number of nitriles is 1. The van der Waals surface area contributed by atoms with E-state index in [1.54, 1.807) is 41.4 Å². The number of benzene rings is 1. The molecule has 0 atom stereocenters. The van der Waals surface area contributed by atoms with Gasteiger partial charge >= 0.3 is 16.9 Å². The third-order valence-electron chi connectivity index (χ3n) is 3.48. The van der Waals surface area contributed by atoms with Gasteiger partial charge in [0, 0.05) is 5.56 Å². The zero-order valence-electron chi connectivity index (χ0n) is 13.1. The maximum absolute atomic E-state index is 11.6. The van der Waals surface area contributed by atoms with Crippen molar-refractivity contribution in [2.45, 2.75) is 0 Å². The Morgan fingerprint density at radius 1 is 1.12 bits per heavy atom. The predicted octanol–water partition coefficient (Wildman–Crippen LogP) is 2.27. The van der Waals surface area contributed by atoms with Crippen molar-refractivity contribution in [1.82, 2.24) is 9.97 Å². The van der Waals surface area contributed by atoms with Crippen LogP contribution in [-0.2, 0) is 0 Å². The molecule has 0 unspecified atom stereocenters.